The molecule has 0 radical (unpaired) electrons. The van der Waals surface area contributed by atoms with Crippen molar-refractivity contribution in [2.75, 3.05) is 19.0 Å². The normalized spacial score (nSPS) is 15.7. The minimum atomic E-state index is -0.265. The zero-order valence-electron chi connectivity index (χ0n) is 14.2. The van der Waals surface area contributed by atoms with Crippen molar-refractivity contribution in [1.29, 1.82) is 0 Å². The van der Waals surface area contributed by atoms with Gasteiger partial charge >= 0.3 is 0 Å². The minimum absolute atomic E-state index is 0.0848. The highest BCUT2D eigenvalue weighted by atomic mass is 16.5. The fraction of sp³-hybridized carbons (Fsp3) is 0.211. The molecule has 4 rings (SSSR count). The van der Waals surface area contributed by atoms with Crippen LogP contribution in [0.2, 0.25) is 0 Å². The molecule has 0 aliphatic carbocycles. The number of aromatic nitrogens is 3. The van der Waals surface area contributed by atoms with Gasteiger partial charge in [0.05, 0.1) is 18.7 Å². The number of hydrogen-bond donors (Lipinski definition) is 2. The summed E-state index contributed by atoms with van der Waals surface area (Å²) in [6.45, 7) is 0.330. The number of carbonyl (C=O) groups is 1. The Balaban J connectivity index is 1.51. The van der Waals surface area contributed by atoms with Gasteiger partial charge in [0.25, 0.3) is 0 Å². The molecule has 1 aromatic heterocycles. The maximum Gasteiger partial charge on any atom is 0.231 e. The molecule has 1 aliphatic rings. The number of para-hydroxylation sites is 1. The topological polar surface area (TPSA) is 89.1 Å². The van der Waals surface area contributed by atoms with Crippen LogP contribution in [-0.4, -0.2) is 34.8 Å². The highest BCUT2D eigenvalue weighted by molar-refractivity contribution is 5.96. The van der Waals surface area contributed by atoms with Crippen molar-refractivity contribution in [1.82, 2.24) is 15.2 Å². The van der Waals surface area contributed by atoms with E-state index in [1.54, 1.807) is 7.11 Å². The number of ether oxygens (including phenoxy) is 2. The van der Waals surface area contributed by atoms with Crippen molar-refractivity contribution in [3.05, 3.63) is 54.4 Å². The average molecular weight is 350 g/mol. The summed E-state index contributed by atoms with van der Waals surface area (Å²) in [5, 5.41) is 9.68. The fourth-order valence-corrected chi connectivity index (χ4v) is 3.02. The lowest BCUT2D eigenvalue weighted by molar-refractivity contribution is -0.121. The number of carbonyl (C=O) groups excluding carboxylic acids is 1. The smallest absolute Gasteiger partial charge is 0.231 e. The van der Waals surface area contributed by atoms with Crippen LogP contribution < -0.4 is 14.8 Å². The summed E-state index contributed by atoms with van der Waals surface area (Å²) in [7, 11) is 1.62. The lowest BCUT2D eigenvalue weighted by Gasteiger charge is -2.25. The summed E-state index contributed by atoms with van der Waals surface area (Å²) in [5.41, 5.74) is 2.48. The third-order valence-electron chi connectivity index (χ3n) is 4.41. The molecule has 0 unspecified atom stereocenters. The molecule has 0 saturated heterocycles. The standard InChI is InChI=1S/C19H18N4O3/c1-25-14-7-6-12-8-13(10-26-17(12)9-14)19(24)22-16-5-3-2-4-15(16)18-20-11-21-23-18/h2-7,9,11,13H,8,10H2,1H3,(H,22,24)(H,20,21,23)/t13-/m1/s1. The number of benzene rings is 2. The van der Waals surface area contributed by atoms with Crippen LogP contribution in [0, 0.1) is 5.92 Å². The van der Waals surface area contributed by atoms with E-state index in [9.17, 15) is 4.79 Å². The first-order valence-corrected chi connectivity index (χ1v) is 8.30. The molecule has 2 aromatic carbocycles. The Hall–Kier alpha value is -3.35. The predicted molar refractivity (Wildman–Crippen MR) is 96.1 cm³/mol. The van der Waals surface area contributed by atoms with Gasteiger partial charge in [0.15, 0.2) is 5.82 Å². The number of rotatable bonds is 4. The Kier molecular flexibility index (Phi) is 4.27. The summed E-state index contributed by atoms with van der Waals surface area (Å²) in [4.78, 5) is 16.9. The van der Waals surface area contributed by atoms with E-state index in [4.69, 9.17) is 9.47 Å². The molecule has 26 heavy (non-hydrogen) atoms. The zero-order chi connectivity index (χ0) is 17.9. The number of anilines is 1. The minimum Gasteiger partial charge on any atom is -0.497 e. The van der Waals surface area contributed by atoms with Crippen LogP contribution in [0.4, 0.5) is 5.69 Å². The van der Waals surface area contributed by atoms with E-state index < -0.39 is 0 Å². The van der Waals surface area contributed by atoms with Crippen LogP contribution in [0.15, 0.2) is 48.8 Å². The number of fused-ring (bicyclic) bond motifs is 1. The van der Waals surface area contributed by atoms with E-state index >= 15 is 0 Å². The van der Waals surface area contributed by atoms with E-state index in [2.05, 4.69) is 20.5 Å². The Bertz CT molecular complexity index is 924. The van der Waals surface area contributed by atoms with Crippen molar-refractivity contribution >= 4 is 11.6 Å². The van der Waals surface area contributed by atoms with Gasteiger partial charge in [0.2, 0.25) is 5.91 Å². The zero-order valence-corrected chi connectivity index (χ0v) is 14.2. The van der Waals surface area contributed by atoms with Gasteiger partial charge in [0.1, 0.15) is 24.4 Å². The van der Waals surface area contributed by atoms with Crippen LogP contribution >= 0.6 is 0 Å². The molecular weight excluding hydrogens is 332 g/mol. The summed E-state index contributed by atoms with van der Waals surface area (Å²) in [6.07, 6.45) is 2.06. The third-order valence-corrected chi connectivity index (χ3v) is 4.41. The summed E-state index contributed by atoms with van der Waals surface area (Å²) < 4.78 is 11.0. The van der Waals surface area contributed by atoms with Crippen molar-refractivity contribution in [2.24, 2.45) is 5.92 Å². The number of hydrogen-bond acceptors (Lipinski definition) is 5. The Morgan fingerprint density at radius 3 is 3.00 bits per heavy atom. The second kappa shape index (κ2) is 6.87. The molecule has 132 valence electrons. The molecule has 2 heterocycles. The number of methoxy groups -OCH3 is 1. The molecule has 0 fully saturated rings. The largest absolute Gasteiger partial charge is 0.497 e. The second-order valence-electron chi connectivity index (χ2n) is 6.05. The number of aromatic amines is 1. The van der Waals surface area contributed by atoms with E-state index in [1.165, 1.54) is 6.33 Å². The van der Waals surface area contributed by atoms with Crippen molar-refractivity contribution in [3.8, 4) is 22.9 Å². The van der Waals surface area contributed by atoms with E-state index in [1.807, 2.05) is 42.5 Å². The van der Waals surface area contributed by atoms with Gasteiger partial charge in [-0.15, -0.1) is 0 Å². The van der Waals surface area contributed by atoms with Gasteiger partial charge in [-0.05, 0) is 30.2 Å². The SMILES string of the molecule is COc1ccc2c(c1)OC[C@H](C(=O)Nc1ccccc1-c1ncn[nH]1)C2. The third kappa shape index (κ3) is 3.11. The number of nitrogens with zero attached hydrogens (tertiary/aromatic N) is 2. The molecule has 3 aromatic rings. The number of H-pyrrole nitrogens is 1. The van der Waals surface area contributed by atoms with Gasteiger partial charge < -0.3 is 14.8 Å². The average Bonchev–Trinajstić information content (AvgIpc) is 3.22. The van der Waals surface area contributed by atoms with Crippen LogP contribution in [0.25, 0.3) is 11.4 Å². The lowest BCUT2D eigenvalue weighted by atomic mass is 9.95. The molecule has 7 heteroatoms. The Labute approximate surface area is 150 Å². The summed E-state index contributed by atoms with van der Waals surface area (Å²) >= 11 is 0. The molecule has 1 aliphatic heterocycles. The quantitative estimate of drug-likeness (QED) is 0.755. The maximum absolute atomic E-state index is 12.8. The highest BCUT2D eigenvalue weighted by Gasteiger charge is 2.27. The van der Waals surface area contributed by atoms with Crippen molar-refractivity contribution in [2.45, 2.75) is 6.42 Å². The summed E-state index contributed by atoms with van der Waals surface area (Å²) in [5.74, 6) is 1.78. The number of nitrogens with one attached hydrogen (secondary N) is 2. The maximum atomic E-state index is 12.8. The van der Waals surface area contributed by atoms with Gasteiger partial charge in [-0.1, -0.05) is 18.2 Å². The molecule has 0 saturated carbocycles. The van der Waals surface area contributed by atoms with Gasteiger partial charge in [0, 0.05) is 11.6 Å². The molecule has 1 amide bonds. The van der Waals surface area contributed by atoms with E-state index in [-0.39, 0.29) is 11.8 Å². The van der Waals surface area contributed by atoms with Crippen molar-refractivity contribution in [3.63, 3.8) is 0 Å². The fourth-order valence-electron chi connectivity index (χ4n) is 3.02. The monoisotopic (exact) mass is 350 g/mol. The van der Waals surface area contributed by atoms with E-state index in [0.717, 1.165) is 22.6 Å². The Morgan fingerprint density at radius 2 is 2.19 bits per heavy atom. The molecule has 1 atom stereocenters. The molecule has 0 bridgehead atoms. The molecule has 2 N–H and O–H groups in total. The van der Waals surface area contributed by atoms with Gasteiger partial charge in [-0.25, -0.2) is 4.98 Å². The lowest BCUT2D eigenvalue weighted by Crippen LogP contribution is -2.32. The second-order valence-corrected chi connectivity index (χ2v) is 6.05. The van der Waals surface area contributed by atoms with Crippen LogP contribution in [-0.2, 0) is 11.2 Å². The van der Waals surface area contributed by atoms with Crippen molar-refractivity contribution < 1.29 is 14.3 Å². The Morgan fingerprint density at radius 1 is 1.31 bits per heavy atom. The molecule has 0 spiro atoms. The van der Waals surface area contributed by atoms with Crippen LogP contribution in [0.1, 0.15) is 5.56 Å². The first-order chi connectivity index (χ1) is 12.7. The van der Waals surface area contributed by atoms with Gasteiger partial charge in [-0.2, -0.15) is 5.10 Å². The number of amides is 1. The predicted octanol–water partition coefficient (Wildman–Crippen LogP) is 2.67. The summed E-state index contributed by atoms with van der Waals surface area (Å²) in [6, 6.07) is 13.2. The van der Waals surface area contributed by atoms with E-state index in [0.29, 0.717) is 24.5 Å². The van der Waals surface area contributed by atoms with Gasteiger partial charge in [-0.3, -0.25) is 9.89 Å². The first kappa shape index (κ1) is 16.1. The van der Waals surface area contributed by atoms with Crippen LogP contribution in [0.3, 0.4) is 0 Å². The first-order valence-electron chi connectivity index (χ1n) is 8.30. The molecule has 7 nitrogen and oxygen atoms in total. The molecular formula is C19H18N4O3. The van der Waals surface area contributed by atoms with Crippen LogP contribution in [0.5, 0.6) is 11.5 Å². The highest BCUT2D eigenvalue weighted by Crippen LogP contribution is 2.32.